The Bertz CT molecular complexity index is 1300. The number of halogens is 5. The number of carbonyl (C=O) groups is 1. The Morgan fingerprint density at radius 3 is 2.54 bits per heavy atom. The van der Waals surface area contributed by atoms with Gasteiger partial charge in [-0.15, -0.1) is 0 Å². The number of alkyl halides is 3. The highest BCUT2D eigenvalue weighted by Crippen LogP contribution is 2.38. The minimum absolute atomic E-state index is 0.00244. The van der Waals surface area contributed by atoms with E-state index in [0.29, 0.717) is 50.6 Å². The summed E-state index contributed by atoms with van der Waals surface area (Å²) in [6.45, 7) is 2.36. The number of nitrogens with two attached hydrogens (primary N) is 1. The minimum Gasteiger partial charge on any atom is -0.493 e. The number of fused-ring (bicyclic) bond motifs is 1. The van der Waals surface area contributed by atoms with E-state index in [1.807, 2.05) is 0 Å². The molecule has 0 atom stereocenters. The van der Waals surface area contributed by atoms with Crippen molar-refractivity contribution >= 4 is 51.8 Å². The predicted octanol–water partition coefficient (Wildman–Crippen LogP) is 6.33. The van der Waals surface area contributed by atoms with Crippen LogP contribution in [0.2, 0.25) is 10.0 Å². The van der Waals surface area contributed by atoms with E-state index in [1.165, 1.54) is 0 Å². The molecule has 0 saturated heterocycles. The van der Waals surface area contributed by atoms with Gasteiger partial charge in [-0.1, -0.05) is 29.3 Å². The molecule has 1 amide bonds. The van der Waals surface area contributed by atoms with Gasteiger partial charge in [0.25, 0.3) is 5.91 Å². The van der Waals surface area contributed by atoms with Crippen molar-refractivity contribution in [3.8, 4) is 5.75 Å². The highest BCUT2D eigenvalue weighted by atomic mass is 35.5. The summed E-state index contributed by atoms with van der Waals surface area (Å²) >= 11 is 12.8. The van der Waals surface area contributed by atoms with Crippen LogP contribution in [-0.2, 0) is 13.6 Å². The molecule has 0 aliphatic heterocycles. The van der Waals surface area contributed by atoms with Gasteiger partial charge in [-0.2, -0.15) is 13.2 Å². The quantitative estimate of drug-likeness (QED) is 0.315. The largest absolute Gasteiger partial charge is 0.493 e. The molecule has 4 N–H and O–H groups in total. The maximum atomic E-state index is 13.2. The number of hydrogen-bond acceptors (Lipinski definition) is 5. The van der Waals surface area contributed by atoms with E-state index in [1.54, 1.807) is 42.8 Å². The third-order valence-corrected chi connectivity index (χ3v) is 7.43. The summed E-state index contributed by atoms with van der Waals surface area (Å²) < 4.78 is 46.5. The lowest BCUT2D eigenvalue weighted by Crippen LogP contribution is -2.40. The summed E-state index contributed by atoms with van der Waals surface area (Å²) in [5.41, 5.74) is 8.40. The van der Waals surface area contributed by atoms with Crippen molar-refractivity contribution in [2.45, 2.75) is 51.4 Å². The smallest absolute Gasteiger partial charge is 0.391 e. The highest BCUT2D eigenvalue weighted by molar-refractivity contribution is 6.39. The SMILES string of the molecule is CCOc1cc2c(cc1C(=O)N[C@H]1CC[C@H](C(F)(F)F)CC1)nc(Nc1c(Cl)ccc(CN)c1Cl)n2C. The summed E-state index contributed by atoms with van der Waals surface area (Å²) in [7, 11) is 1.79. The molecular formula is C25H28Cl2F3N5O2. The molecule has 4 rings (SSSR count). The van der Waals surface area contributed by atoms with Gasteiger partial charge in [-0.25, -0.2) is 4.98 Å². The molecule has 0 bridgehead atoms. The molecule has 0 unspecified atom stereocenters. The van der Waals surface area contributed by atoms with Crippen LogP contribution in [0.1, 0.15) is 48.5 Å². The van der Waals surface area contributed by atoms with Crippen LogP contribution < -0.4 is 21.1 Å². The first-order valence-electron chi connectivity index (χ1n) is 12.0. The normalized spacial score (nSPS) is 18.2. The molecule has 7 nitrogen and oxygen atoms in total. The number of aryl methyl sites for hydroxylation is 1. The number of hydrogen-bond donors (Lipinski definition) is 3. The van der Waals surface area contributed by atoms with Crippen molar-refractivity contribution in [2.75, 3.05) is 11.9 Å². The Morgan fingerprint density at radius 2 is 1.92 bits per heavy atom. The van der Waals surface area contributed by atoms with Crippen LogP contribution in [0.3, 0.4) is 0 Å². The second-order valence-corrected chi connectivity index (χ2v) is 9.84. The molecule has 37 heavy (non-hydrogen) atoms. The summed E-state index contributed by atoms with van der Waals surface area (Å²) in [6.07, 6.45) is -3.67. The van der Waals surface area contributed by atoms with E-state index in [4.69, 9.17) is 33.7 Å². The molecule has 1 aliphatic carbocycles. The first kappa shape index (κ1) is 27.3. The molecule has 200 valence electrons. The second kappa shape index (κ2) is 11.0. The van der Waals surface area contributed by atoms with Gasteiger partial charge in [0.1, 0.15) is 5.75 Å². The molecule has 1 aromatic heterocycles. The number of anilines is 2. The Hall–Kier alpha value is -2.69. The van der Waals surface area contributed by atoms with Gasteiger partial charge in [-0.3, -0.25) is 4.79 Å². The Labute approximate surface area is 222 Å². The first-order valence-corrected chi connectivity index (χ1v) is 12.7. The fraction of sp³-hybridized carbons (Fsp3) is 0.440. The molecule has 2 aromatic carbocycles. The zero-order chi connectivity index (χ0) is 26.9. The lowest BCUT2D eigenvalue weighted by atomic mass is 9.85. The standard InChI is InChI=1S/C25H28Cl2F3N5O2/c1-3-37-20-11-19-18(10-16(20)23(36)32-15-7-5-14(6-8-15)25(28,29)30)33-24(35(19)2)34-22-17(26)9-4-13(12-31)21(22)27/h4,9-11,14-15H,3,5-8,12,31H2,1-2H3,(H,32,36)(H,33,34)/t14-,15-. The monoisotopic (exact) mass is 557 g/mol. The third-order valence-electron chi connectivity index (χ3n) is 6.68. The van der Waals surface area contributed by atoms with Crippen LogP contribution in [0.25, 0.3) is 11.0 Å². The lowest BCUT2D eigenvalue weighted by Gasteiger charge is -2.30. The molecule has 0 spiro atoms. The number of nitrogens with zero attached hydrogens (tertiary/aromatic N) is 2. The van der Waals surface area contributed by atoms with Gasteiger partial charge >= 0.3 is 6.18 Å². The van der Waals surface area contributed by atoms with Gasteiger partial charge in [0, 0.05) is 25.7 Å². The zero-order valence-corrected chi connectivity index (χ0v) is 21.9. The number of aromatic nitrogens is 2. The number of amides is 1. The molecule has 1 saturated carbocycles. The Balaban J connectivity index is 1.61. The Kier molecular flexibility index (Phi) is 8.11. The van der Waals surface area contributed by atoms with E-state index in [2.05, 4.69) is 15.6 Å². The van der Waals surface area contributed by atoms with Crippen LogP contribution in [0.4, 0.5) is 24.8 Å². The number of imidazole rings is 1. The molecule has 3 aromatic rings. The fourth-order valence-electron chi connectivity index (χ4n) is 4.59. The van der Waals surface area contributed by atoms with Crippen molar-refractivity contribution < 1.29 is 22.7 Å². The Morgan fingerprint density at radius 1 is 1.22 bits per heavy atom. The zero-order valence-electron chi connectivity index (χ0n) is 20.4. The number of ether oxygens (including phenoxy) is 1. The average molecular weight is 558 g/mol. The first-order chi connectivity index (χ1) is 17.5. The maximum absolute atomic E-state index is 13.2. The van der Waals surface area contributed by atoms with Gasteiger partial charge in [0.05, 0.1) is 44.9 Å². The third kappa shape index (κ3) is 5.76. The van der Waals surface area contributed by atoms with E-state index in [0.717, 1.165) is 0 Å². The fourth-order valence-corrected chi connectivity index (χ4v) is 5.13. The van der Waals surface area contributed by atoms with Crippen molar-refractivity contribution in [1.82, 2.24) is 14.9 Å². The van der Waals surface area contributed by atoms with E-state index >= 15 is 0 Å². The summed E-state index contributed by atoms with van der Waals surface area (Å²) in [4.78, 5) is 17.8. The van der Waals surface area contributed by atoms with Crippen molar-refractivity contribution in [3.05, 3.63) is 45.4 Å². The molecule has 1 heterocycles. The molecule has 12 heteroatoms. The topological polar surface area (TPSA) is 94.2 Å². The van der Waals surface area contributed by atoms with Crippen LogP contribution in [0.5, 0.6) is 5.75 Å². The van der Waals surface area contributed by atoms with Crippen LogP contribution in [-0.4, -0.2) is 34.3 Å². The van der Waals surface area contributed by atoms with Gasteiger partial charge < -0.3 is 25.7 Å². The summed E-state index contributed by atoms with van der Waals surface area (Å²) in [5, 5.41) is 6.81. The molecular weight excluding hydrogens is 530 g/mol. The van der Waals surface area contributed by atoms with Crippen LogP contribution in [0, 0.1) is 5.92 Å². The van der Waals surface area contributed by atoms with Crippen molar-refractivity contribution in [1.29, 1.82) is 0 Å². The van der Waals surface area contributed by atoms with Crippen molar-refractivity contribution in [3.63, 3.8) is 0 Å². The second-order valence-electron chi connectivity index (χ2n) is 9.05. The maximum Gasteiger partial charge on any atom is 0.391 e. The average Bonchev–Trinajstić information content (AvgIpc) is 3.15. The van der Waals surface area contributed by atoms with Crippen LogP contribution in [0.15, 0.2) is 24.3 Å². The summed E-state index contributed by atoms with van der Waals surface area (Å²) in [5.74, 6) is -0.948. The van der Waals surface area contributed by atoms with Gasteiger partial charge in [-0.05, 0) is 50.3 Å². The lowest BCUT2D eigenvalue weighted by molar-refractivity contribution is -0.182. The van der Waals surface area contributed by atoms with E-state index in [9.17, 15) is 18.0 Å². The van der Waals surface area contributed by atoms with Crippen molar-refractivity contribution in [2.24, 2.45) is 18.7 Å². The van der Waals surface area contributed by atoms with E-state index in [-0.39, 0.29) is 43.8 Å². The predicted molar refractivity (Wildman–Crippen MR) is 139 cm³/mol. The van der Waals surface area contributed by atoms with Gasteiger partial charge in [0.2, 0.25) is 5.95 Å². The van der Waals surface area contributed by atoms with Gasteiger partial charge in [0.15, 0.2) is 0 Å². The number of benzene rings is 2. The number of carbonyl (C=O) groups excluding carboxylic acids is 1. The molecule has 1 aliphatic rings. The minimum atomic E-state index is -4.20. The number of rotatable bonds is 7. The molecule has 0 radical (unpaired) electrons. The highest BCUT2D eigenvalue weighted by Gasteiger charge is 2.41. The summed E-state index contributed by atoms with van der Waals surface area (Å²) in [6, 6.07) is 6.43. The van der Waals surface area contributed by atoms with E-state index < -0.39 is 18.0 Å². The number of nitrogens with one attached hydrogen (secondary N) is 2. The van der Waals surface area contributed by atoms with Crippen LogP contribution >= 0.6 is 23.2 Å². The molecule has 1 fully saturated rings.